The monoisotopic (exact) mass is 345 g/mol. The van der Waals surface area contributed by atoms with E-state index in [2.05, 4.69) is 9.80 Å². The number of ketones is 1. The normalized spacial score (nSPS) is 20.4. The number of hydrogen-bond donors (Lipinski definition) is 0. The summed E-state index contributed by atoms with van der Waals surface area (Å²) in [6, 6.07) is 7.70. The smallest absolute Gasteiger partial charge is 0.239 e. The first-order chi connectivity index (χ1) is 12.1. The van der Waals surface area contributed by atoms with E-state index in [1.165, 1.54) is 0 Å². The lowest BCUT2D eigenvalue weighted by molar-refractivity contribution is -0.140. The Morgan fingerprint density at radius 2 is 1.56 bits per heavy atom. The Morgan fingerprint density at radius 3 is 2.12 bits per heavy atom. The third-order valence-electron chi connectivity index (χ3n) is 5.18. The Kier molecular flexibility index (Phi) is 5.71. The predicted octanol–water partition coefficient (Wildman–Crippen LogP) is 1.26. The van der Waals surface area contributed by atoms with Crippen molar-refractivity contribution in [2.45, 2.75) is 19.9 Å². The number of anilines is 1. The molecule has 136 valence electrons. The molecule has 3 rings (SSSR count). The molecule has 25 heavy (non-hydrogen) atoms. The highest BCUT2D eigenvalue weighted by Crippen LogP contribution is 2.19. The Bertz CT molecular complexity index is 603. The van der Waals surface area contributed by atoms with Crippen LogP contribution in [0.1, 0.15) is 24.2 Å². The first-order valence-corrected chi connectivity index (χ1v) is 9.03. The zero-order valence-corrected chi connectivity index (χ0v) is 15.1. The lowest BCUT2D eigenvalue weighted by Crippen LogP contribution is -2.56. The van der Waals surface area contributed by atoms with Gasteiger partial charge in [-0.15, -0.1) is 0 Å². The van der Waals surface area contributed by atoms with E-state index in [1.54, 1.807) is 6.92 Å². The van der Waals surface area contributed by atoms with Crippen LogP contribution >= 0.6 is 0 Å². The van der Waals surface area contributed by atoms with Crippen LogP contribution < -0.4 is 4.90 Å². The topological polar surface area (TPSA) is 53.1 Å². The van der Waals surface area contributed by atoms with E-state index < -0.39 is 0 Å². The van der Waals surface area contributed by atoms with Gasteiger partial charge in [0, 0.05) is 50.5 Å². The van der Waals surface area contributed by atoms with E-state index in [-0.39, 0.29) is 17.7 Å². The highest BCUT2D eigenvalue weighted by Gasteiger charge is 2.29. The van der Waals surface area contributed by atoms with Gasteiger partial charge in [-0.1, -0.05) is 0 Å². The van der Waals surface area contributed by atoms with Gasteiger partial charge in [0.25, 0.3) is 0 Å². The molecule has 2 aliphatic heterocycles. The maximum atomic E-state index is 12.6. The molecule has 1 aromatic carbocycles. The predicted molar refractivity (Wildman–Crippen MR) is 97.1 cm³/mol. The number of hydrogen-bond acceptors (Lipinski definition) is 5. The van der Waals surface area contributed by atoms with Crippen molar-refractivity contribution in [1.82, 2.24) is 9.80 Å². The van der Waals surface area contributed by atoms with E-state index in [4.69, 9.17) is 4.74 Å². The molecule has 0 N–H and O–H groups in total. The molecule has 2 heterocycles. The molecule has 1 atom stereocenters. The average molecular weight is 345 g/mol. The van der Waals surface area contributed by atoms with Gasteiger partial charge in [-0.3, -0.25) is 14.5 Å². The fraction of sp³-hybridized carbons (Fsp3) is 0.579. The summed E-state index contributed by atoms with van der Waals surface area (Å²) in [5, 5.41) is 0. The van der Waals surface area contributed by atoms with Crippen LogP contribution in [0.5, 0.6) is 0 Å². The van der Waals surface area contributed by atoms with E-state index in [9.17, 15) is 9.59 Å². The summed E-state index contributed by atoms with van der Waals surface area (Å²) in [6.07, 6.45) is 0. The summed E-state index contributed by atoms with van der Waals surface area (Å²) in [7, 11) is 0. The van der Waals surface area contributed by atoms with Crippen LogP contribution in [0.2, 0.25) is 0 Å². The van der Waals surface area contributed by atoms with Gasteiger partial charge in [0.2, 0.25) is 5.91 Å². The highest BCUT2D eigenvalue weighted by molar-refractivity contribution is 5.94. The molecule has 1 aromatic rings. The zero-order chi connectivity index (χ0) is 17.8. The SMILES string of the molecule is CC(=O)c1ccc(N2CCN([C@@H](C)C(=O)N3CCOCC3)CC2)cc1. The number of morpholine rings is 1. The molecular weight excluding hydrogens is 318 g/mol. The third kappa shape index (κ3) is 4.19. The van der Waals surface area contributed by atoms with Crippen molar-refractivity contribution < 1.29 is 14.3 Å². The van der Waals surface area contributed by atoms with Crippen LogP contribution in [-0.4, -0.2) is 80.0 Å². The van der Waals surface area contributed by atoms with Gasteiger partial charge in [-0.25, -0.2) is 0 Å². The van der Waals surface area contributed by atoms with Crippen molar-refractivity contribution >= 4 is 17.4 Å². The number of piperazine rings is 1. The summed E-state index contributed by atoms with van der Waals surface area (Å²) >= 11 is 0. The number of amides is 1. The molecule has 0 saturated carbocycles. The summed E-state index contributed by atoms with van der Waals surface area (Å²) in [5.41, 5.74) is 1.88. The van der Waals surface area contributed by atoms with Gasteiger partial charge in [-0.2, -0.15) is 0 Å². The van der Waals surface area contributed by atoms with Gasteiger partial charge in [-0.05, 0) is 38.1 Å². The van der Waals surface area contributed by atoms with Gasteiger partial charge >= 0.3 is 0 Å². The van der Waals surface area contributed by atoms with Crippen LogP contribution in [0.4, 0.5) is 5.69 Å². The summed E-state index contributed by atoms with van der Waals surface area (Å²) < 4.78 is 5.33. The van der Waals surface area contributed by atoms with Crippen molar-refractivity contribution in [3.8, 4) is 0 Å². The van der Waals surface area contributed by atoms with Crippen LogP contribution in [0.3, 0.4) is 0 Å². The Morgan fingerprint density at radius 1 is 0.960 bits per heavy atom. The van der Waals surface area contributed by atoms with Crippen LogP contribution in [0.25, 0.3) is 0 Å². The fourth-order valence-corrected chi connectivity index (χ4v) is 3.48. The minimum absolute atomic E-state index is 0.0830. The number of carbonyl (C=O) groups excluding carboxylic acids is 2. The minimum Gasteiger partial charge on any atom is -0.378 e. The molecule has 6 heteroatoms. The molecule has 0 unspecified atom stereocenters. The molecule has 1 amide bonds. The van der Waals surface area contributed by atoms with Crippen molar-refractivity contribution in [1.29, 1.82) is 0 Å². The largest absolute Gasteiger partial charge is 0.378 e. The maximum Gasteiger partial charge on any atom is 0.239 e. The summed E-state index contributed by atoms with van der Waals surface area (Å²) in [5.74, 6) is 0.300. The molecule has 2 saturated heterocycles. The van der Waals surface area contributed by atoms with Gasteiger partial charge in [0.1, 0.15) is 0 Å². The fourth-order valence-electron chi connectivity index (χ4n) is 3.48. The molecule has 0 radical (unpaired) electrons. The second-order valence-electron chi connectivity index (χ2n) is 6.74. The first-order valence-electron chi connectivity index (χ1n) is 9.03. The van der Waals surface area contributed by atoms with Crippen molar-refractivity contribution in [3.63, 3.8) is 0 Å². The molecule has 2 aliphatic rings. The Hall–Kier alpha value is -1.92. The lowest BCUT2D eigenvalue weighted by atomic mass is 10.1. The molecule has 6 nitrogen and oxygen atoms in total. The Labute approximate surface area is 149 Å². The lowest BCUT2D eigenvalue weighted by Gasteiger charge is -2.40. The van der Waals surface area contributed by atoms with E-state index >= 15 is 0 Å². The molecule has 0 aliphatic carbocycles. The molecular formula is C19H27N3O3. The second-order valence-corrected chi connectivity index (χ2v) is 6.74. The molecule has 0 bridgehead atoms. The molecule has 0 spiro atoms. The third-order valence-corrected chi connectivity index (χ3v) is 5.18. The number of nitrogens with zero attached hydrogens (tertiary/aromatic N) is 3. The van der Waals surface area contributed by atoms with Gasteiger partial charge in [0.15, 0.2) is 5.78 Å². The number of Topliss-reactive ketones (excluding diaryl/α,β-unsaturated/α-hetero) is 1. The Balaban J connectivity index is 1.54. The number of rotatable bonds is 4. The van der Waals surface area contributed by atoms with Crippen LogP contribution in [-0.2, 0) is 9.53 Å². The van der Waals surface area contributed by atoms with Crippen LogP contribution in [0.15, 0.2) is 24.3 Å². The van der Waals surface area contributed by atoms with Crippen molar-refractivity contribution in [2.75, 3.05) is 57.4 Å². The van der Waals surface area contributed by atoms with E-state index in [0.717, 1.165) is 37.4 Å². The molecule has 0 aromatic heterocycles. The summed E-state index contributed by atoms with van der Waals surface area (Å²) in [4.78, 5) is 30.5. The summed E-state index contributed by atoms with van der Waals surface area (Å²) in [6.45, 7) is 9.79. The number of ether oxygens (including phenoxy) is 1. The standard InChI is InChI=1S/C19H27N3O3/c1-15(19(24)22-11-13-25-14-12-22)20-7-9-21(10-8-20)18-5-3-17(4-6-18)16(2)23/h3-6,15H,7-14H2,1-2H3/t15-/m0/s1. The first kappa shape index (κ1) is 17.9. The van der Waals surface area contributed by atoms with Crippen molar-refractivity contribution in [3.05, 3.63) is 29.8 Å². The maximum absolute atomic E-state index is 12.6. The second kappa shape index (κ2) is 7.97. The quantitative estimate of drug-likeness (QED) is 0.769. The van der Waals surface area contributed by atoms with E-state index in [0.29, 0.717) is 26.3 Å². The minimum atomic E-state index is -0.0830. The average Bonchev–Trinajstić information content (AvgIpc) is 2.67. The zero-order valence-electron chi connectivity index (χ0n) is 15.1. The van der Waals surface area contributed by atoms with Gasteiger partial charge < -0.3 is 14.5 Å². The van der Waals surface area contributed by atoms with Crippen molar-refractivity contribution in [2.24, 2.45) is 0 Å². The van der Waals surface area contributed by atoms with E-state index in [1.807, 2.05) is 36.1 Å². The molecule has 2 fully saturated rings. The van der Waals surface area contributed by atoms with Crippen LogP contribution in [0, 0.1) is 0 Å². The number of benzene rings is 1. The highest BCUT2D eigenvalue weighted by atomic mass is 16.5. The number of carbonyl (C=O) groups is 2. The van der Waals surface area contributed by atoms with Gasteiger partial charge in [0.05, 0.1) is 19.3 Å².